The summed E-state index contributed by atoms with van der Waals surface area (Å²) in [5, 5.41) is 14.2. The maximum atomic E-state index is 11.7. The van der Waals surface area contributed by atoms with E-state index in [2.05, 4.69) is 33.1 Å². The third-order valence-corrected chi connectivity index (χ3v) is 3.60. The van der Waals surface area contributed by atoms with Gasteiger partial charge in [0.15, 0.2) is 0 Å². The van der Waals surface area contributed by atoms with Crippen LogP contribution in [0.25, 0.3) is 0 Å². The average Bonchev–Trinajstić information content (AvgIpc) is 2.34. The smallest absolute Gasteiger partial charge is 0.326 e. The SMILES string of the molecule is C=CCC(NC(=O)Nc1cccc(Cl)c1Br)C(=O)O. The molecule has 0 fully saturated rings. The number of halogens is 2. The van der Waals surface area contributed by atoms with E-state index < -0.39 is 18.0 Å². The summed E-state index contributed by atoms with van der Waals surface area (Å²) in [6.45, 7) is 3.44. The average molecular weight is 348 g/mol. The molecule has 0 spiro atoms. The second-order valence-electron chi connectivity index (χ2n) is 3.62. The number of urea groups is 1. The van der Waals surface area contributed by atoms with Gasteiger partial charge in [0.05, 0.1) is 15.2 Å². The molecule has 2 amide bonds. The number of benzene rings is 1. The van der Waals surface area contributed by atoms with Gasteiger partial charge in [-0.25, -0.2) is 9.59 Å². The van der Waals surface area contributed by atoms with E-state index in [1.165, 1.54) is 6.08 Å². The minimum Gasteiger partial charge on any atom is -0.480 e. The lowest BCUT2D eigenvalue weighted by molar-refractivity contribution is -0.139. The molecule has 5 nitrogen and oxygen atoms in total. The van der Waals surface area contributed by atoms with E-state index in [1.807, 2.05) is 0 Å². The van der Waals surface area contributed by atoms with Crippen LogP contribution in [-0.2, 0) is 4.79 Å². The predicted octanol–water partition coefficient (Wildman–Crippen LogP) is 3.25. The molecule has 0 aliphatic heterocycles. The summed E-state index contributed by atoms with van der Waals surface area (Å²) >= 11 is 9.10. The standard InChI is InChI=1S/C12H12BrClN2O3/c1-2-4-9(11(17)18)16-12(19)15-8-6-3-5-7(14)10(8)13/h2-3,5-6,9H,1,4H2,(H,17,18)(H2,15,16,19). The normalized spacial score (nSPS) is 11.5. The number of amides is 2. The van der Waals surface area contributed by atoms with Crippen molar-refractivity contribution >= 4 is 45.2 Å². The molecule has 0 bridgehead atoms. The number of rotatable bonds is 5. The molecule has 19 heavy (non-hydrogen) atoms. The minimum atomic E-state index is -1.12. The predicted molar refractivity (Wildman–Crippen MR) is 77.5 cm³/mol. The highest BCUT2D eigenvalue weighted by atomic mass is 79.9. The summed E-state index contributed by atoms with van der Waals surface area (Å²) in [6, 6.07) is 3.32. The molecule has 1 unspecified atom stereocenters. The number of carbonyl (C=O) groups excluding carboxylic acids is 1. The molecule has 0 saturated carbocycles. The van der Waals surface area contributed by atoms with E-state index in [4.69, 9.17) is 16.7 Å². The first-order valence-electron chi connectivity index (χ1n) is 5.31. The van der Waals surface area contributed by atoms with Crippen LogP contribution in [0.5, 0.6) is 0 Å². The molecule has 1 aromatic rings. The van der Waals surface area contributed by atoms with E-state index in [9.17, 15) is 9.59 Å². The van der Waals surface area contributed by atoms with Crippen LogP contribution in [0.2, 0.25) is 5.02 Å². The Morgan fingerprint density at radius 2 is 2.21 bits per heavy atom. The molecule has 7 heteroatoms. The van der Waals surface area contributed by atoms with Gasteiger partial charge in [0, 0.05) is 0 Å². The maximum Gasteiger partial charge on any atom is 0.326 e. The molecule has 1 rings (SSSR count). The van der Waals surface area contributed by atoms with Gasteiger partial charge in [0.2, 0.25) is 0 Å². The molecular formula is C12H12BrClN2O3. The van der Waals surface area contributed by atoms with Crippen molar-refractivity contribution in [2.75, 3.05) is 5.32 Å². The monoisotopic (exact) mass is 346 g/mol. The molecule has 0 heterocycles. The van der Waals surface area contributed by atoms with Gasteiger partial charge in [0.1, 0.15) is 6.04 Å². The van der Waals surface area contributed by atoms with Crippen LogP contribution in [-0.4, -0.2) is 23.1 Å². The Morgan fingerprint density at radius 3 is 2.79 bits per heavy atom. The lowest BCUT2D eigenvalue weighted by Crippen LogP contribution is -2.42. The van der Waals surface area contributed by atoms with Crippen molar-refractivity contribution in [1.82, 2.24) is 5.32 Å². The Morgan fingerprint density at radius 1 is 1.53 bits per heavy atom. The fraction of sp³-hybridized carbons (Fsp3) is 0.167. The first-order chi connectivity index (χ1) is 8.95. The second kappa shape index (κ2) is 7.16. The Bertz CT molecular complexity index is 508. The molecule has 0 radical (unpaired) electrons. The van der Waals surface area contributed by atoms with Crippen molar-refractivity contribution in [3.05, 3.63) is 40.3 Å². The summed E-state index contributed by atoms with van der Waals surface area (Å²) in [7, 11) is 0. The van der Waals surface area contributed by atoms with Crippen molar-refractivity contribution in [3.8, 4) is 0 Å². The minimum absolute atomic E-state index is 0.138. The molecule has 102 valence electrons. The van der Waals surface area contributed by atoms with E-state index in [-0.39, 0.29) is 6.42 Å². The third kappa shape index (κ3) is 4.57. The molecule has 3 N–H and O–H groups in total. The molecule has 0 aromatic heterocycles. The highest BCUT2D eigenvalue weighted by molar-refractivity contribution is 9.10. The fourth-order valence-electron chi connectivity index (χ4n) is 1.31. The van der Waals surface area contributed by atoms with E-state index in [1.54, 1.807) is 18.2 Å². The number of carboxylic acids is 1. The van der Waals surface area contributed by atoms with Crippen LogP contribution in [0.3, 0.4) is 0 Å². The zero-order chi connectivity index (χ0) is 14.4. The fourth-order valence-corrected chi connectivity index (χ4v) is 1.84. The molecule has 1 aromatic carbocycles. The van der Waals surface area contributed by atoms with Crippen LogP contribution < -0.4 is 10.6 Å². The quantitative estimate of drug-likeness (QED) is 0.715. The lowest BCUT2D eigenvalue weighted by Gasteiger charge is -2.14. The van der Waals surface area contributed by atoms with E-state index in [0.717, 1.165) is 0 Å². The number of carboxylic acid groups (broad SMARTS) is 1. The van der Waals surface area contributed by atoms with Gasteiger partial charge in [-0.1, -0.05) is 23.7 Å². The van der Waals surface area contributed by atoms with Crippen LogP contribution in [0, 0.1) is 0 Å². The summed E-state index contributed by atoms with van der Waals surface area (Å²) < 4.78 is 0.530. The first-order valence-corrected chi connectivity index (χ1v) is 6.48. The van der Waals surface area contributed by atoms with Crippen molar-refractivity contribution in [2.45, 2.75) is 12.5 Å². The van der Waals surface area contributed by atoms with Crippen molar-refractivity contribution in [3.63, 3.8) is 0 Å². The van der Waals surface area contributed by atoms with E-state index >= 15 is 0 Å². The Labute approximate surface area is 123 Å². The van der Waals surface area contributed by atoms with Crippen LogP contribution in [0.1, 0.15) is 6.42 Å². The van der Waals surface area contributed by atoms with Gasteiger partial charge in [0.25, 0.3) is 0 Å². The third-order valence-electron chi connectivity index (χ3n) is 2.21. The van der Waals surface area contributed by atoms with Gasteiger partial charge in [-0.3, -0.25) is 0 Å². The van der Waals surface area contributed by atoms with Gasteiger partial charge < -0.3 is 15.7 Å². The summed E-state index contributed by atoms with van der Waals surface area (Å²) in [5.41, 5.74) is 0.452. The van der Waals surface area contributed by atoms with Gasteiger partial charge >= 0.3 is 12.0 Å². The van der Waals surface area contributed by atoms with Crippen molar-refractivity contribution in [2.24, 2.45) is 0 Å². The Hall–Kier alpha value is -1.53. The number of aliphatic carboxylic acids is 1. The number of nitrogens with one attached hydrogen (secondary N) is 2. The summed E-state index contributed by atoms with van der Waals surface area (Å²) in [4.78, 5) is 22.6. The zero-order valence-corrected chi connectivity index (χ0v) is 12.2. The highest BCUT2D eigenvalue weighted by Crippen LogP contribution is 2.29. The number of hydrogen-bond donors (Lipinski definition) is 3. The first kappa shape index (κ1) is 15.5. The molecule has 0 aliphatic rings. The lowest BCUT2D eigenvalue weighted by atomic mass is 10.2. The topological polar surface area (TPSA) is 78.4 Å². The number of hydrogen-bond acceptors (Lipinski definition) is 2. The Kier molecular flexibility index (Phi) is 5.85. The summed E-state index contributed by atoms with van der Waals surface area (Å²) in [5.74, 6) is -1.12. The highest BCUT2D eigenvalue weighted by Gasteiger charge is 2.18. The largest absolute Gasteiger partial charge is 0.480 e. The molecule has 1 atom stereocenters. The van der Waals surface area contributed by atoms with Crippen LogP contribution in [0.4, 0.5) is 10.5 Å². The van der Waals surface area contributed by atoms with Gasteiger partial charge in [-0.15, -0.1) is 6.58 Å². The van der Waals surface area contributed by atoms with Gasteiger partial charge in [-0.05, 0) is 34.5 Å². The Balaban J connectivity index is 2.71. The second-order valence-corrected chi connectivity index (χ2v) is 4.82. The molecule has 0 saturated heterocycles. The summed E-state index contributed by atoms with van der Waals surface area (Å²) in [6.07, 6.45) is 1.56. The van der Waals surface area contributed by atoms with Crippen LogP contribution in [0.15, 0.2) is 35.3 Å². The zero-order valence-electron chi connectivity index (χ0n) is 9.82. The number of anilines is 1. The number of carbonyl (C=O) groups is 2. The molecule has 0 aliphatic carbocycles. The molecular weight excluding hydrogens is 336 g/mol. The van der Waals surface area contributed by atoms with Crippen molar-refractivity contribution in [1.29, 1.82) is 0 Å². The van der Waals surface area contributed by atoms with Gasteiger partial charge in [-0.2, -0.15) is 0 Å². The van der Waals surface area contributed by atoms with Crippen LogP contribution >= 0.6 is 27.5 Å². The van der Waals surface area contributed by atoms with Crippen molar-refractivity contribution < 1.29 is 14.7 Å². The van der Waals surface area contributed by atoms with E-state index in [0.29, 0.717) is 15.2 Å². The maximum absolute atomic E-state index is 11.7.